The fraction of sp³-hybridized carbons (Fsp3) is 0.222. The summed E-state index contributed by atoms with van der Waals surface area (Å²) in [5, 5.41) is 9.45. The first-order valence-electron chi connectivity index (χ1n) is 7.75. The molecule has 3 aromatic heterocycles. The molecule has 4 aromatic rings. The van der Waals surface area contributed by atoms with E-state index < -0.39 is 0 Å². The van der Waals surface area contributed by atoms with Gasteiger partial charge in [0, 0.05) is 17.8 Å². The van der Waals surface area contributed by atoms with E-state index in [0.717, 1.165) is 32.6 Å². The zero-order chi connectivity index (χ0) is 16.8. The SMILES string of the molecule is Cc1nn(C)c2sc(C(=O)NC(C)c3cc4ccccc4o3)cc12. The van der Waals surface area contributed by atoms with Gasteiger partial charge in [-0.05, 0) is 32.0 Å². The second-order valence-electron chi connectivity index (χ2n) is 5.92. The molecule has 0 fully saturated rings. The lowest BCUT2D eigenvalue weighted by Crippen LogP contribution is -2.25. The Kier molecular flexibility index (Phi) is 3.42. The van der Waals surface area contributed by atoms with Crippen LogP contribution in [0, 0.1) is 6.92 Å². The maximum atomic E-state index is 12.6. The van der Waals surface area contributed by atoms with Crippen LogP contribution in [-0.4, -0.2) is 15.7 Å². The Morgan fingerprint density at radius 3 is 2.88 bits per heavy atom. The number of hydrogen-bond donors (Lipinski definition) is 1. The van der Waals surface area contributed by atoms with E-state index in [1.165, 1.54) is 11.3 Å². The van der Waals surface area contributed by atoms with E-state index in [1.54, 1.807) is 0 Å². The molecule has 1 aromatic carbocycles. The van der Waals surface area contributed by atoms with Crippen LogP contribution in [0.4, 0.5) is 0 Å². The lowest BCUT2D eigenvalue weighted by Gasteiger charge is -2.10. The Balaban J connectivity index is 1.58. The standard InChI is InChI=1S/C18H17N3O2S/c1-10-13-9-16(24-18(13)21(3)20-10)17(22)19-11(2)15-8-12-6-4-5-7-14(12)23-15/h4-9,11H,1-3H3,(H,19,22). The number of hydrogen-bond acceptors (Lipinski definition) is 4. The summed E-state index contributed by atoms with van der Waals surface area (Å²) >= 11 is 1.45. The maximum Gasteiger partial charge on any atom is 0.262 e. The molecule has 0 aliphatic heterocycles. The van der Waals surface area contributed by atoms with Gasteiger partial charge in [0.1, 0.15) is 16.2 Å². The number of amides is 1. The number of thiophene rings is 1. The third kappa shape index (κ3) is 2.39. The van der Waals surface area contributed by atoms with E-state index in [4.69, 9.17) is 4.42 Å². The van der Waals surface area contributed by atoms with Gasteiger partial charge in [0.15, 0.2) is 0 Å². The van der Waals surface area contributed by atoms with Gasteiger partial charge in [-0.2, -0.15) is 5.10 Å². The highest BCUT2D eigenvalue weighted by molar-refractivity contribution is 7.20. The van der Waals surface area contributed by atoms with E-state index in [2.05, 4.69) is 10.4 Å². The highest BCUT2D eigenvalue weighted by atomic mass is 32.1. The molecule has 6 heteroatoms. The van der Waals surface area contributed by atoms with Crippen LogP contribution in [-0.2, 0) is 7.05 Å². The Labute approximate surface area is 142 Å². The summed E-state index contributed by atoms with van der Waals surface area (Å²) in [6.07, 6.45) is 0. The third-order valence-electron chi connectivity index (χ3n) is 4.14. The number of para-hydroxylation sites is 1. The van der Waals surface area contributed by atoms with Crippen LogP contribution in [0.3, 0.4) is 0 Å². The first-order chi connectivity index (χ1) is 11.5. The predicted octanol–water partition coefficient (Wildman–Crippen LogP) is 4.18. The minimum atomic E-state index is -0.200. The summed E-state index contributed by atoms with van der Waals surface area (Å²) in [5.74, 6) is 0.659. The highest BCUT2D eigenvalue weighted by Crippen LogP contribution is 2.29. The van der Waals surface area contributed by atoms with Gasteiger partial charge in [0.05, 0.1) is 16.6 Å². The van der Waals surface area contributed by atoms with Crippen molar-refractivity contribution in [2.24, 2.45) is 7.05 Å². The molecule has 1 amide bonds. The number of fused-ring (bicyclic) bond motifs is 2. The Hall–Kier alpha value is -2.60. The Morgan fingerprint density at radius 1 is 1.33 bits per heavy atom. The highest BCUT2D eigenvalue weighted by Gasteiger charge is 2.19. The van der Waals surface area contributed by atoms with Crippen molar-refractivity contribution in [3.05, 3.63) is 52.7 Å². The number of nitrogens with zero attached hydrogens (tertiary/aromatic N) is 2. The Morgan fingerprint density at radius 2 is 2.12 bits per heavy atom. The van der Waals surface area contributed by atoms with Gasteiger partial charge in [-0.1, -0.05) is 18.2 Å². The number of furan rings is 1. The Bertz CT molecular complexity index is 989. The van der Waals surface area contributed by atoms with Crippen LogP contribution in [0.25, 0.3) is 21.2 Å². The molecule has 0 aliphatic rings. The monoisotopic (exact) mass is 339 g/mol. The summed E-state index contributed by atoms with van der Waals surface area (Å²) in [6, 6.07) is 11.5. The molecule has 3 heterocycles. The summed E-state index contributed by atoms with van der Waals surface area (Å²) < 4.78 is 7.64. The molecule has 0 saturated carbocycles. The molecule has 4 rings (SSSR count). The van der Waals surface area contributed by atoms with E-state index in [-0.39, 0.29) is 11.9 Å². The number of benzene rings is 1. The van der Waals surface area contributed by atoms with Gasteiger partial charge < -0.3 is 9.73 Å². The summed E-state index contributed by atoms with van der Waals surface area (Å²) in [6.45, 7) is 3.88. The first-order valence-corrected chi connectivity index (χ1v) is 8.57. The minimum Gasteiger partial charge on any atom is -0.459 e. The molecule has 1 N–H and O–H groups in total. The van der Waals surface area contributed by atoms with Crippen LogP contribution in [0.5, 0.6) is 0 Å². The molecule has 5 nitrogen and oxygen atoms in total. The van der Waals surface area contributed by atoms with Crippen molar-refractivity contribution in [2.75, 3.05) is 0 Å². The van der Waals surface area contributed by atoms with Gasteiger partial charge in [-0.15, -0.1) is 11.3 Å². The van der Waals surface area contributed by atoms with Crippen molar-refractivity contribution in [1.82, 2.24) is 15.1 Å². The van der Waals surface area contributed by atoms with Crippen molar-refractivity contribution in [3.63, 3.8) is 0 Å². The summed E-state index contributed by atoms with van der Waals surface area (Å²) in [7, 11) is 1.89. The quantitative estimate of drug-likeness (QED) is 0.609. The van der Waals surface area contributed by atoms with Crippen LogP contribution in [0.1, 0.15) is 34.1 Å². The topological polar surface area (TPSA) is 60.1 Å². The molecular formula is C18H17N3O2S. The number of rotatable bonds is 3. The second-order valence-corrected chi connectivity index (χ2v) is 6.95. The molecule has 0 aliphatic carbocycles. The van der Waals surface area contributed by atoms with Gasteiger partial charge in [-0.3, -0.25) is 9.48 Å². The normalized spacial score (nSPS) is 12.8. The third-order valence-corrected chi connectivity index (χ3v) is 5.34. The lowest BCUT2D eigenvalue weighted by atomic mass is 10.2. The zero-order valence-corrected chi connectivity index (χ0v) is 14.5. The van der Waals surface area contributed by atoms with Gasteiger partial charge in [-0.25, -0.2) is 0 Å². The van der Waals surface area contributed by atoms with Gasteiger partial charge >= 0.3 is 0 Å². The molecule has 24 heavy (non-hydrogen) atoms. The summed E-state index contributed by atoms with van der Waals surface area (Å²) in [5.41, 5.74) is 1.77. The number of aryl methyl sites for hydroxylation is 2. The number of aromatic nitrogens is 2. The van der Waals surface area contributed by atoms with E-state index in [0.29, 0.717) is 4.88 Å². The second kappa shape index (κ2) is 5.49. The van der Waals surface area contributed by atoms with Crippen LogP contribution >= 0.6 is 11.3 Å². The smallest absolute Gasteiger partial charge is 0.262 e. The van der Waals surface area contributed by atoms with Gasteiger partial charge in [0.2, 0.25) is 0 Å². The van der Waals surface area contributed by atoms with Crippen molar-refractivity contribution >= 4 is 38.4 Å². The van der Waals surface area contributed by atoms with Gasteiger partial charge in [0.25, 0.3) is 5.91 Å². The molecule has 1 unspecified atom stereocenters. The predicted molar refractivity (Wildman–Crippen MR) is 95.4 cm³/mol. The fourth-order valence-electron chi connectivity index (χ4n) is 2.87. The maximum absolute atomic E-state index is 12.6. The number of nitrogens with one attached hydrogen (secondary N) is 1. The van der Waals surface area contributed by atoms with Crippen molar-refractivity contribution in [2.45, 2.75) is 19.9 Å². The first kappa shape index (κ1) is 15.0. The molecular weight excluding hydrogens is 322 g/mol. The van der Waals surface area contributed by atoms with Crippen molar-refractivity contribution < 1.29 is 9.21 Å². The van der Waals surface area contributed by atoms with E-state index >= 15 is 0 Å². The van der Waals surface area contributed by atoms with Crippen LogP contribution in [0.15, 0.2) is 40.8 Å². The number of carbonyl (C=O) groups excluding carboxylic acids is 1. The summed E-state index contributed by atoms with van der Waals surface area (Å²) in [4.78, 5) is 14.3. The lowest BCUT2D eigenvalue weighted by molar-refractivity contribution is 0.0940. The fourth-order valence-corrected chi connectivity index (χ4v) is 3.90. The number of carbonyl (C=O) groups is 1. The zero-order valence-electron chi connectivity index (χ0n) is 13.7. The van der Waals surface area contributed by atoms with Crippen LogP contribution < -0.4 is 5.32 Å². The van der Waals surface area contributed by atoms with Crippen molar-refractivity contribution in [1.29, 1.82) is 0 Å². The van der Waals surface area contributed by atoms with E-state index in [1.807, 2.05) is 62.0 Å². The average Bonchev–Trinajstić information content (AvgIpc) is 3.23. The molecule has 0 radical (unpaired) electrons. The largest absolute Gasteiger partial charge is 0.459 e. The average molecular weight is 339 g/mol. The molecule has 0 spiro atoms. The van der Waals surface area contributed by atoms with Crippen molar-refractivity contribution in [3.8, 4) is 0 Å². The molecule has 122 valence electrons. The van der Waals surface area contributed by atoms with E-state index in [9.17, 15) is 4.79 Å². The molecule has 0 bridgehead atoms. The molecule has 0 saturated heterocycles. The van der Waals surface area contributed by atoms with Crippen LogP contribution in [0.2, 0.25) is 0 Å². The molecule has 1 atom stereocenters. The minimum absolute atomic E-state index is 0.0939.